The Hall–Kier alpha value is -0.0800. The minimum Gasteiger partial charge on any atom is -0.382 e. The van der Waals surface area contributed by atoms with Crippen molar-refractivity contribution in [2.75, 3.05) is 20.8 Å². The van der Waals surface area contributed by atoms with Crippen molar-refractivity contribution in [1.82, 2.24) is 0 Å². The zero-order valence-corrected chi connectivity index (χ0v) is 9.18. The molecule has 0 atom stereocenters. The van der Waals surface area contributed by atoms with Gasteiger partial charge in [0.05, 0.1) is 12.2 Å². The first-order valence-electron chi connectivity index (χ1n) is 4.55. The van der Waals surface area contributed by atoms with Gasteiger partial charge in [0.15, 0.2) is 0 Å². The lowest BCUT2D eigenvalue weighted by molar-refractivity contribution is -0.123. The number of rotatable bonds is 5. The fourth-order valence-electron chi connectivity index (χ4n) is 1.76. The minimum absolute atomic E-state index is 0.130. The van der Waals surface area contributed by atoms with Crippen LogP contribution in [-0.4, -0.2) is 26.4 Å². The van der Waals surface area contributed by atoms with Gasteiger partial charge in [-0.25, -0.2) is 0 Å². The predicted octanol–water partition coefficient (Wildman–Crippen LogP) is 2.33. The molecule has 2 heteroatoms. The van der Waals surface area contributed by atoms with Crippen molar-refractivity contribution in [3.05, 3.63) is 0 Å². The van der Waals surface area contributed by atoms with Crippen LogP contribution in [0.1, 0.15) is 27.7 Å². The molecule has 0 N–H and O–H groups in total. The third-order valence-electron chi connectivity index (χ3n) is 2.70. The van der Waals surface area contributed by atoms with Crippen molar-refractivity contribution in [2.24, 2.45) is 11.8 Å². The Labute approximate surface area is 76.3 Å². The molecule has 0 aliphatic heterocycles. The average molecular weight is 174 g/mol. The molecule has 0 rings (SSSR count). The Kier molecular flexibility index (Phi) is 4.80. The lowest BCUT2D eigenvalue weighted by atomic mass is 9.81. The van der Waals surface area contributed by atoms with E-state index in [4.69, 9.17) is 9.47 Å². The van der Waals surface area contributed by atoms with Gasteiger partial charge in [-0.2, -0.15) is 0 Å². The van der Waals surface area contributed by atoms with E-state index in [1.807, 2.05) is 0 Å². The average Bonchev–Trinajstić information content (AvgIpc) is 1.98. The zero-order valence-electron chi connectivity index (χ0n) is 9.18. The Morgan fingerprint density at radius 3 is 1.50 bits per heavy atom. The lowest BCUT2D eigenvalue weighted by Gasteiger charge is -2.39. The van der Waals surface area contributed by atoms with Gasteiger partial charge >= 0.3 is 0 Å². The lowest BCUT2D eigenvalue weighted by Crippen LogP contribution is -2.46. The Morgan fingerprint density at radius 2 is 1.42 bits per heavy atom. The number of ether oxygens (including phenoxy) is 2. The molecule has 0 spiro atoms. The summed E-state index contributed by atoms with van der Waals surface area (Å²) in [6, 6.07) is 0. The molecule has 0 unspecified atom stereocenters. The van der Waals surface area contributed by atoms with Gasteiger partial charge in [-0.1, -0.05) is 27.7 Å². The maximum absolute atomic E-state index is 5.58. The first kappa shape index (κ1) is 11.9. The molecule has 0 aliphatic carbocycles. The molecule has 0 bridgehead atoms. The van der Waals surface area contributed by atoms with Crippen LogP contribution in [0.15, 0.2) is 0 Å². The summed E-state index contributed by atoms with van der Waals surface area (Å²) in [6.07, 6.45) is 0. The highest BCUT2D eigenvalue weighted by atomic mass is 16.5. The monoisotopic (exact) mass is 174 g/mol. The molecule has 0 aliphatic rings. The van der Waals surface area contributed by atoms with Crippen LogP contribution in [0.5, 0.6) is 0 Å². The third kappa shape index (κ3) is 2.20. The maximum Gasteiger partial charge on any atom is 0.0956 e. The quantitative estimate of drug-likeness (QED) is 0.637. The van der Waals surface area contributed by atoms with E-state index in [9.17, 15) is 0 Å². The second kappa shape index (κ2) is 4.83. The second-order valence-corrected chi connectivity index (χ2v) is 3.90. The molecule has 0 saturated carbocycles. The van der Waals surface area contributed by atoms with Crippen LogP contribution in [0.2, 0.25) is 0 Å². The molecular weight excluding hydrogens is 152 g/mol. The van der Waals surface area contributed by atoms with Crippen molar-refractivity contribution in [1.29, 1.82) is 0 Å². The van der Waals surface area contributed by atoms with E-state index in [2.05, 4.69) is 27.7 Å². The van der Waals surface area contributed by atoms with Crippen molar-refractivity contribution < 1.29 is 9.47 Å². The molecule has 74 valence electrons. The van der Waals surface area contributed by atoms with Crippen molar-refractivity contribution in [3.63, 3.8) is 0 Å². The van der Waals surface area contributed by atoms with Crippen LogP contribution in [0.4, 0.5) is 0 Å². The third-order valence-corrected chi connectivity index (χ3v) is 2.70. The van der Waals surface area contributed by atoms with Crippen LogP contribution < -0.4 is 0 Å². The summed E-state index contributed by atoms with van der Waals surface area (Å²) in [5.41, 5.74) is -0.130. The molecular formula is C10H22O2. The highest BCUT2D eigenvalue weighted by Crippen LogP contribution is 2.29. The van der Waals surface area contributed by atoms with Gasteiger partial charge < -0.3 is 9.47 Å². The second-order valence-electron chi connectivity index (χ2n) is 3.90. The Bertz CT molecular complexity index is 111. The molecule has 12 heavy (non-hydrogen) atoms. The standard InChI is InChI=1S/C10H22O2/c1-8(2)10(12-6,7-11-5)9(3)4/h8-9H,7H2,1-6H3. The van der Waals surface area contributed by atoms with E-state index in [-0.39, 0.29) is 5.60 Å². The van der Waals surface area contributed by atoms with Crippen LogP contribution in [0.25, 0.3) is 0 Å². The van der Waals surface area contributed by atoms with E-state index in [1.54, 1.807) is 14.2 Å². The summed E-state index contributed by atoms with van der Waals surface area (Å²) in [4.78, 5) is 0. The van der Waals surface area contributed by atoms with Gasteiger partial charge in [0.25, 0.3) is 0 Å². The molecule has 0 saturated heterocycles. The van der Waals surface area contributed by atoms with Gasteiger partial charge in [-0.05, 0) is 11.8 Å². The van der Waals surface area contributed by atoms with Crippen LogP contribution in [0, 0.1) is 11.8 Å². The summed E-state index contributed by atoms with van der Waals surface area (Å²) < 4.78 is 10.8. The maximum atomic E-state index is 5.58. The van der Waals surface area contributed by atoms with Crippen molar-refractivity contribution in [3.8, 4) is 0 Å². The molecule has 0 aromatic carbocycles. The van der Waals surface area contributed by atoms with Gasteiger partial charge in [0.1, 0.15) is 0 Å². The summed E-state index contributed by atoms with van der Waals surface area (Å²) in [7, 11) is 3.48. The first-order chi connectivity index (χ1) is 5.51. The van der Waals surface area contributed by atoms with Crippen LogP contribution >= 0.6 is 0 Å². The normalized spacial score (nSPS) is 13.0. The minimum atomic E-state index is -0.130. The fraction of sp³-hybridized carbons (Fsp3) is 1.00. The summed E-state index contributed by atoms with van der Waals surface area (Å²) in [5, 5.41) is 0. The van der Waals surface area contributed by atoms with Crippen LogP contribution in [-0.2, 0) is 9.47 Å². The first-order valence-corrected chi connectivity index (χ1v) is 4.55. The molecule has 2 nitrogen and oxygen atoms in total. The summed E-state index contributed by atoms with van der Waals surface area (Å²) >= 11 is 0. The Balaban J connectivity index is 4.51. The molecule has 0 amide bonds. The number of hydrogen-bond donors (Lipinski definition) is 0. The van der Waals surface area contributed by atoms with Gasteiger partial charge in [-0.3, -0.25) is 0 Å². The van der Waals surface area contributed by atoms with E-state index >= 15 is 0 Å². The van der Waals surface area contributed by atoms with Crippen molar-refractivity contribution >= 4 is 0 Å². The highest BCUT2D eigenvalue weighted by molar-refractivity contribution is 4.86. The van der Waals surface area contributed by atoms with Gasteiger partial charge in [0.2, 0.25) is 0 Å². The highest BCUT2D eigenvalue weighted by Gasteiger charge is 2.37. The van der Waals surface area contributed by atoms with E-state index in [1.165, 1.54) is 0 Å². The SMILES string of the molecule is COCC(OC)(C(C)C)C(C)C. The number of hydrogen-bond acceptors (Lipinski definition) is 2. The predicted molar refractivity (Wildman–Crippen MR) is 51.3 cm³/mol. The fourth-order valence-corrected chi connectivity index (χ4v) is 1.76. The Morgan fingerprint density at radius 1 is 1.00 bits per heavy atom. The van der Waals surface area contributed by atoms with Crippen LogP contribution in [0.3, 0.4) is 0 Å². The van der Waals surface area contributed by atoms with E-state index in [0.29, 0.717) is 18.4 Å². The van der Waals surface area contributed by atoms with Gasteiger partial charge in [0, 0.05) is 14.2 Å². The van der Waals surface area contributed by atoms with E-state index in [0.717, 1.165) is 0 Å². The van der Waals surface area contributed by atoms with Gasteiger partial charge in [-0.15, -0.1) is 0 Å². The summed E-state index contributed by atoms with van der Waals surface area (Å²) in [6.45, 7) is 9.34. The molecule has 0 heterocycles. The number of methoxy groups -OCH3 is 2. The van der Waals surface area contributed by atoms with E-state index < -0.39 is 0 Å². The topological polar surface area (TPSA) is 18.5 Å². The molecule has 0 aromatic rings. The van der Waals surface area contributed by atoms with Crippen molar-refractivity contribution in [2.45, 2.75) is 33.3 Å². The zero-order chi connectivity index (χ0) is 9.78. The molecule has 0 fully saturated rings. The molecule has 0 aromatic heterocycles. The summed E-state index contributed by atoms with van der Waals surface area (Å²) in [5.74, 6) is 0.949. The molecule has 0 radical (unpaired) electrons. The smallest absolute Gasteiger partial charge is 0.0956 e. The largest absolute Gasteiger partial charge is 0.382 e.